The number of ketones is 1. The van der Waals surface area contributed by atoms with Crippen molar-refractivity contribution < 1.29 is 9.53 Å². The molecular weight excluding hydrogens is 381 g/mol. The molecule has 0 amide bonds. The van der Waals surface area contributed by atoms with E-state index in [4.69, 9.17) is 27.9 Å². The fourth-order valence-electron chi connectivity index (χ4n) is 2.48. The Morgan fingerprint density at radius 1 is 0.889 bits per heavy atom. The highest BCUT2D eigenvalue weighted by Gasteiger charge is 2.11. The molecule has 3 nitrogen and oxygen atoms in total. The number of ether oxygens (including phenoxy) is 1. The highest BCUT2D eigenvalue weighted by Crippen LogP contribution is 2.38. The lowest BCUT2D eigenvalue weighted by Gasteiger charge is -2.15. The van der Waals surface area contributed by atoms with E-state index in [1.807, 2.05) is 43.3 Å². The van der Waals surface area contributed by atoms with Crippen molar-refractivity contribution in [3.8, 4) is 11.5 Å². The summed E-state index contributed by atoms with van der Waals surface area (Å²) in [5.74, 6) is 0.859. The summed E-state index contributed by atoms with van der Waals surface area (Å²) in [6, 6.07) is 21.6. The Balaban J connectivity index is 1.82. The number of para-hydroxylation sites is 3. The Kier molecular flexibility index (Phi) is 6.17. The Labute approximate surface area is 168 Å². The first-order valence-corrected chi connectivity index (χ1v) is 9.06. The predicted octanol–water partition coefficient (Wildman–Crippen LogP) is 6.98. The number of rotatable bonds is 6. The average molecular weight is 398 g/mol. The van der Waals surface area contributed by atoms with E-state index in [2.05, 4.69) is 5.32 Å². The van der Waals surface area contributed by atoms with E-state index in [-0.39, 0.29) is 5.78 Å². The number of benzene rings is 3. The van der Waals surface area contributed by atoms with Crippen LogP contribution in [0.5, 0.6) is 11.5 Å². The lowest BCUT2D eigenvalue weighted by atomic mass is 10.1. The smallest absolute Gasteiger partial charge is 0.187 e. The van der Waals surface area contributed by atoms with Crippen LogP contribution in [-0.4, -0.2) is 5.78 Å². The molecule has 5 heteroatoms. The molecule has 3 aromatic carbocycles. The van der Waals surface area contributed by atoms with Crippen LogP contribution in [0.1, 0.15) is 17.3 Å². The largest absolute Gasteiger partial charge is 0.452 e. The number of carbonyl (C=O) groups is 1. The molecule has 0 atom stereocenters. The number of nitrogens with one attached hydrogen (secondary N) is 1. The minimum Gasteiger partial charge on any atom is -0.452 e. The van der Waals surface area contributed by atoms with E-state index in [0.29, 0.717) is 38.5 Å². The SMILES string of the molecule is CC(=CC(=O)c1ccccc1)Nc1ccccc1Oc1c(Cl)cccc1Cl. The normalized spacial score (nSPS) is 11.1. The van der Waals surface area contributed by atoms with E-state index in [1.54, 1.807) is 42.5 Å². The molecule has 27 heavy (non-hydrogen) atoms. The second kappa shape index (κ2) is 8.76. The molecule has 3 aromatic rings. The van der Waals surface area contributed by atoms with Gasteiger partial charge in [-0.3, -0.25) is 4.79 Å². The van der Waals surface area contributed by atoms with Crippen LogP contribution < -0.4 is 10.1 Å². The zero-order valence-corrected chi connectivity index (χ0v) is 16.1. The van der Waals surface area contributed by atoms with Gasteiger partial charge < -0.3 is 10.1 Å². The molecule has 0 spiro atoms. The first-order valence-electron chi connectivity index (χ1n) is 8.30. The monoisotopic (exact) mass is 397 g/mol. The van der Waals surface area contributed by atoms with Crippen molar-refractivity contribution in [1.29, 1.82) is 0 Å². The summed E-state index contributed by atoms with van der Waals surface area (Å²) in [6.45, 7) is 1.82. The molecule has 0 aliphatic rings. The topological polar surface area (TPSA) is 38.3 Å². The number of anilines is 1. The summed E-state index contributed by atoms with van der Waals surface area (Å²) in [7, 11) is 0. The van der Waals surface area contributed by atoms with Crippen LogP contribution in [0.25, 0.3) is 0 Å². The van der Waals surface area contributed by atoms with Crippen molar-refractivity contribution in [2.45, 2.75) is 6.92 Å². The van der Waals surface area contributed by atoms with Crippen LogP contribution in [0.2, 0.25) is 10.0 Å². The summed E-state index contributed by atoms with van der Waals surface area (Å²) >= 11 is 12.4. The van der Waals surface area contributed by atoms with Crippen LogP contribution >= 0.6 is 23.2 Å². The standard InChI is InChI=1S/C22H17Cl2NO2/c1-15(14-20(26)16-8-3-2-4-9-16)25-19-12-5-6-13-21(19)27-22-17(23)10-7-11-18(22)24/h2-14,25H,1H3. The molecule has 0 aromatic heterocycles. The van der Waals surface area contributed by atoms with Crippen molar-refractivity contribution in [3.63, 3.8) is 0 Å². The van der Waals surface area contributed by atoms with Crippen LogP contribution in [-0.2, 0) is 0 Å². The van der Waals surface area contributed by atoms with Gasteiger partial charge in [0.2, 0.25) is 0 Å². The van der Waals surface area contributed by atoms with Crippen molar-refractivity contribution in [3.05, 3.63) is 100 Å². The molecule has 0 radical (unpaired) electrons. The molecule has 3 rings (SSSR count). The van der Waals surface area contributed by atoms with E-state index in [0.717, 1.165) is 0 Å². The first kappa shape index (κ1) is 19.0. The van der Waals surface area contributed by atoms with Crippen molar-refractivity contribution in [2.75, 3.05) is 5.32 Å². The predicted molar refractivity (Wildman–Crippen MR) is 111 cm³/mol. The molecule has 0 unspecified atom stereocenters. The lowest BCUT2D eigenvalue weighted by molar-refractivity contribution is 0.104. The number of halogens is 2. The van der Waals surface area contributed by atoms with Gasteiger partial charge in [0.1, 0.15) is 0 Å². The van der Waals surface area contributed by atoms with Gasteiger partial charge in [0.05, 0.1) is 15.7 Å². The summed E-state index contributed by atoms with van der Waals surface area (Å²) in [5, 5.41) is 4.04. The average Bonchev–Trinajstić information content (AvgIpc) is 2.66. The van der Waals surface area contributed by atoms with E-state index in [1.165, 1.54) is 0 Å². The van der Waals surface area contributed by atoms with Crippen LogP contribution in [0.15, 0.2) is 84.6 Å². The number of allylic oxidation sites excluding steroid dienone is 2. The summed E-state index contributed by atoms with van der Waals surface area (Å²) in [6.07, 6.45) is 1.55. The highest BCUT2D eigenvalue weighted by molar-refractivity contribution is 6.37. The van der Waals surface area contributed by atoms with E-state index >= 15 is 0 Å². The Morgan fingerprint density at radius 3 is 2.22 bits per heavy atom. The van der Waals surface area contributed by atoms with E-state index in [9.17, 15) is 4.79 Å². The molecule has 0 heterocycles. The molecule has 0 saturated carbocycles. The van der Waals surface area contributed by atoms with Crippen LogP contribution in [0, 0.1) is 0 Å². The fraction of sp³-hybridized carbons (Fsp3) is 0.0455. The third-order valence-corrected chi connectivity index (χ3v) is 4.35. The Morgan fingerprint density at radius 2 is 1.52 bits per heavy atom. The number of hydrogen-bond donors (Lipinski definition) is 1. The highest BCUT2D eigenvalue weighted by atomic mass is 35.5. The quantitative estimate of drug-likeness (QED) is 0.359. The summed E-state index contributed by atoms with van der Waals surface area (Å²) in [5.41, 5.74) is 2.01. The molecule has 0 fully saturated rings. The van der Waals surface area contributed by atoms with E-state index < -0.39 is 0 Å². The fourth-order valence-corrected chi connectivity index (χ4v) is 2.95. The van der Waals surface area contributed by atoms with Gasteiger partial charge in [0.15, 0.2) is 17.3 Å². The molecule has 0 saturated heterocycles. The number of hydrogen-bond acceptors (Lipinski definition) is 3. The van der Waals surface area contributed by atoms with Gasteiger partial charge in [-0.25, -0.2) is 0 Å². The maximum absolute atomic E-state index is 12.3. The zero-order chi connectivity index (χ0) is 19.2. The zero-order valence-electron chi connectivity index (χ0n) is 14.6. The maximum Gasteiger partial charge on any atom is 0.187 e. The second-order valence-corrected chi connectivity index (χ2v) is 6.65. The van der Waals surface area contributed by atoms with Gasteiger partial charge in [0, 0.05) is 17.3 Å². The summed E-state index contributed by atoms with van der Waals surface area (Å²) < 4.78 is 5.92. The third kappa shape index (κ3) is 4.91. The molecule has 136 valence electrons. The number of carbonyl (C=O) groups excluding carboxylic acids is 1. The molecule has 0 aliphatic heterocycles. The molecular formula is C22H17Cl2NO2. The van der Waals surface area contributed by atoms with Crippen LogP contribution in [0.3, 0.4) is 0 Å². The van der Waals surface area contributed by atoms with Crippen LogP contribution in [0.4, 0.5) is 5.69 Å². The second-order valence-electron chi connectivity index (χ2n) is 5.83. The molecule has 0 bridgehead atoms. The van der Waals surface area contributed by atoms with Crippen molar-refractivity contribution >= 4 is 34.7 Å². The molecule has 1 N–H and O–H groups in total. The third-order valence-electron chi connectivity index (χ3n) is 3.76. The Bertz CT molecular complexity index is 964. The van der Waals surface area contributed by atoms with Gasteiger partial charge in [-0.1, -0.05) is 71.7 Å². The first-order chi connectivity index (χ1) is 13.0. The van der Waals surface area contributed by atoms with Gasteiger partial charge in [-0.05, 0) is 31.2 Å². The minimum atomic E-state index is -0.0758. The Hall–Kier alpha value is -2.75. The van der Waals surface area contributed by atoms with Gasteiger partial charge in [0.25, 0.3) is 0 Å². The van der Waals surface area contributed by atoms with Crippen molar-refractivity contribution in [2.24, 2.45) is 0 Å². The van der Waals surface area contributed by atoms with Crippen molar-refractivity contribution in [1.82, 2.24) is 0 Å². The molecule has 0 aliphatic carbocycles. The van der Waals surface area contributed by atoms with Gasteiger partial charge in [-0.15, -0.1) is 0 Å². The maximum atomic E-state index is 12.3. The van der Waals surface area contributed by atoms with Gasteiger partial charge in [-0.2, -0.15) is 0 Å². The lowest BCUT2D eigenvalue weighted by Crippen LogP contribution is -2.02. The summed E-state index contributed by atoms with van der Waals surface area (Å²) in [4.78, 5) is 12.3. The van der Waals surface area contributed by atoms with Gasteiger partial charge >= 0.3 is 0 Å². The minimum absolute atomic E-state index is 0.0758.